The van der Waals surface area contributed by atoms with Crippen LogP contribution in [0.15, 0.2) is 170 Å². The van der Waals surface area contributed by atoms with Crippen molar-refractivity contribution in [3.8, 4) is 56.4 Å². The largest absolute Gasteiger partial charge is 0.264 e. The van der Waals surface area contributed by atoms with Gasteiger partial charge in [-0.1, -0.05) is 154 Å². The first-order valence-electron chi connectivity index (χ1n) is 18.2. The normalized spacial score (nSPS) is 10.9. The molecule has 0 spiro atoms. The molecule has 1 aromatic heterocycles. The number of aromatic nitrogens is 3. The van der Waals surface area contributed by atoms with Crippen LogP contribution in [0, 0.1) is 0 Å². The summed E-state index contributed by atoms with van der Waals surface area (Å²) in [5.41, 5.74) is 11.1. The van der Waals surface area contributed by atoms with Gasteiger partial charge in [-0.25, -0.2) is 15.0 Å². The average Bonchev–Trinajstić information content (AvgIpc) is 3.26. The number of hydrogen-bond donors (Lipinski definition) is 0. The zero-order valence-electron chi connectivity index (χ0n) is 31.6. The van der Waals surface area contributed by atoms with Gasteiger partial charge in [-0.2, -0.15) is 0 Å². The summed E-state index contributed by atoms with van der Waals surface area (Å²) in [4.78, 5) is 19.3. The van der Waals surface area contributed by atoms with E-state index in [9.17, 15) is 0 Å². The number of allylic oxidation sites excluding steroid dienone is 2. The van der Waals surface area contributed by atoms with E-state index in [1.807, 2.05) is 101 Å². The Bertz CT molecular complexity index is 2370. The van der Waals surface area contributed by atoms with Crippen LogP contribution in [0.4, 0.5) is 0 Å². The summed E-state index contributed by atoms with van der Waals surface area (Å²) in [6, 6.07) is 45.9. The van der Waals surface area contributed by atoms with Gasteiger partial charge in [-0.15, -0.1) is 13.2 Å². The second-order valence-corrected chi connectivity index (χ2v) is 11.9. The molecule has 0 bridgehead atoms. The van der Waals surface area contributed by atoms with Crippen LogP contribution < -0.4 is 0 Å². The van der Waals surface area contributed by atoms with E-state index in [1.165, 1.54) is 5.39 Å². The van der Waals surface area contributed by atoms with Gasteiger partial charge in [0.15, 0.2) is 17.5 Å². The van der Waals surface area contributed by atoms with Crippen LogP contribution in [-0.2, 0) is 0 Å². The van der Waals surface area contributed by atoms with Crippen LogP contribution in [0.5, 0.6) is 0 Å². The molecule has 4 nitrogen and oxygen atoms in total. The molecule has 0 saturated heterocycles. The molecule has 0 saturated carbocycles. The molecule has 6 aromatic carbocycles. The smallest absolute Gasteiger partial charge is 0.164 e. The highest BCUT2D eigenvalue weighted by Crippen LogP contribution is 2.39. The van der Waals surface area contributed by atoms with Gasteiger partial charge in [0.1, 0.15) is 0 Å². The third kappa shape index (κ3) is 8.30. The van der Waals surface area contributed by atoms with E-state index < -0.39 is 0 Å². The Labute approximate surface area is 320 Å². The third-order valence-electron chi connectivity index (χ3n) is 8.83. The molecule has 1 heterocycles. The standard InChI is InChI=1S/C46H36N4.C2H6.C2H4/c1-5-16-41-39(6-2)40-22-15-14-21-35(40)30-42(41)37-27-36(31-23-25-32(26-24-31)43(7-3)47-4)28-38(29-37)46-49-44(33-17-10-8-11-18-33)48-45(50-46)34-19-12-9-13-20-34;2*1-2/h5-30H,2,4H2,1,3H3;1-2H3;1-2H2/b16-5-,43-7-;;. The van der Waals surface area contributed by atoms with Crippen LogP contribution in [-0.4, -0.2) is 21.7 Å². The van der Waals surface area contributed by atoms with Crippen molar-refractivity contribution >= 4 is 35.3 Å². The van der Waals surface area contributed by atoms with E-state index in [0.29, 0.717) is 17.5 Å². The van der Waals surface area contributed by atoms with Gasteiger partial charge >= 0.3 is 0 Å². The fraction of sp³-hybridized carbons (Fsp3) is 0.0800. The van der Waals surface area contributed by atoms with Gasteiger partial charge in [0, 0.05) is 16.7 Å². The van der Waals surface area contributed by atoms with Gasteiger partial charge in [-0.3, -0.25) is 4.99 Å². The zero-order chi connectivity index (χ0) is 38.5. The molecule has 0 atom stereocenters. The molecule has 0 aliphatic carbocycles. The van der Waals surface area contributed by atoms with Crippen molar-refractivity contribution in [3.05, 3.63) is 182 Å². The van der Waals surface area contributed by atoms with Crippen LogP contribution in [0.2, 0.25) is 0 Å². The summed E-state index contributed by atoms with van der Waals surface area (Å²) < 4.78 is 0. The zero-order valence-corrected chi connectivity index (χ0v) is 31.6. The van der Waals surface area contributed by atoms with E-state index >= 15 is 0 Å². The molecule has 7 aromatic rings. The number of fused-ring (bicyclic) bond motifs is 1. The Balaban J connectivity index is 0.00000136. The van der Waals surface area contributed by atoms with Crippen LogP contribution >= 0.6 is 0 Å². The summed E-state index contributed by atoms with van der Waals surface area (Å²) in [7, 11) is 0. The molecule has 266 valence electrons. The van der Waals surface area contributed by atoms with Gasteiger partial charge in [0.25, 0.3) is 0 Å². The number of rotatable bonds is 9. The molecule has 0 aliphatic heterocycles. The van der Waals surface area contributed by atoms with Crippen molar-refractivity contribution < 1.29 is 0 Å². The topological polar surface area (TPSA) is 51.0 Å². The van der Waals surface area contributed by atoms with E-state index in [4.69, 9.17) is 15.0 Å². The lowest BCUT2D eigenvalue weighted by atomic mass is 9.88. The van der Waals surface area contributed by atoms with Gasteiger partial charge in [-0.05, 0) is 94.5 Å². The first kappa shape index (κ1) is 38.5. The maximum atomic E-state index is 5.09. The number of benzene rings is 6. The average molecular weight is 703 g/mol. The Morgan fingerprint density at radius 1 is 0.556 bits per heavy atom. The third-order valence-corrected chi connectivity index (χ3v) is 8.83. The Morgan fingerprint density at radius 3 is 1.61 bits per heavy atom. The number of aliphatic imine (C=N–C) groups is 1. The molecule has 54 heavy (non-hydrogen) atoms. The van der Waals surface area contributed by atoms with E-state index in [0.717, 1.165) is 66.7 Å². The highest BCUT2D eigenvalue weighted by Gasteiger charge is 2.17. The molecule has 0 fully saturated rings. The minimum absolute atomic E-state index is 0.599. The Morgan fingerprint density at radius 2 is 1.07 bits per heavy atom. The summed E-state index contributed by atoms with van der Waals surface area (Å²) in [6.07, 6.45) is 8.18. The fourth-order valence-corrected chi connectivity index (χ4v) is 6.40. The predicted molar refractivity (Wildman–Crippen MR) is 235 cm³/mol. The minimum Gasteiger partial charge on any atom is -0.264 e. The maximum absolute atomic E-state index is 5.09. The van der Waals surface area contributed by atoms with Crippen molar-refractivity contribution in [2.75, 3.05) is 0 Å². The SMILES string of the molecule is C=C.C=Cc1c(/C=C\C)c(-c2cc(-c3ccc(/C(=C/C)N=C)cc3)cc(-c3nc(-c4ccccc4)nc(-c4ccccc4)n3)c2)cc2ccccc12.CC. The lowest BCUT2D eigenvalue weighted by Gasteiger charge is -2.17. The molecule has 0 aliphatic rings. The Hall–Kier alpha value is -6.78. The quantitative estimate of drug-likeness (QED) is 0.111. The van der Waals surface area contributed by atoms with Crippen LogP contribution in [0.1, 0.15) is 44.4 Å². The van der Waals surface area contributed by atoms with Crippen molar-refractivity contribution in [1.29, 1.82) is 0 Å². The molecule has 0 radical (unpaired) electrons. The lowest BCUT2D eigenvalue weighted by molar-refractivity contribution is 1.07. The molecule has 0 unspecified atom stereocenters. The van der Waals surface area contributed by atoms with Crippen LogP contribution in [0.25, 0.3) is 85.0 Å². The number of nitrogens with zero attached hydrogens (tertiary/aromatic N) is 4. The van der Waals surface area contributed by atoms with E-state index in [2.05, 4.69) is 116 Å². The lowest BCUT2D eigenvalue weighted by Crippen LogP contribution is -2.00. The van der Waals surface area contributed by atoms with Crippen molar-refractivity contribution in [1.82, 2.24) is 15.0 Å². The molecule has 4 heteroatoms. The molecular formula is C50H46N4. The maximum Gasteiger partial charge on any atom is 0.164 e. The van der Waals surface area contributed by atoms with Gasteiger partial charge < -0.3 is 0 Å². The van der Waals surface area contributed by atoms with Crippen molar-refractivity contribution in [2.45, 2.75) is 27.7 Å². The second kappa shape index (κ2) is 18.6. The first-order valence-corrected chi connectivity index (χ1v) is 18.2. The number of hydrogen-bond acceptors (Lipinski definition) is 4. The highest BCUT2D eigenvalue weighted by atomic mass is 15.0. The van der Waals surface area contributed by atoms with Gasteiger partial charge in [0.2, 0.25) is 0 Å². The van der Waals surface area contributed by atoms with E-state index in [1.54, 1.807) is 0 Å². The monoisotopic (exact) mass is 702 g/mol. The summed E-state index contributed by atoms with van der Waals surface area (Å²) in [6.45, 7) is 22.0. The summed E-state index contributed by atoms with van der Waals surface area (Å²) in [5.74, 6) is 1.84. The highest BCUT2D eigenvalue weighted by molar-refractivity contribution is 6.00. The van der Waals surface area contributed by atoms with Crippen molar-refractivity contribution in [2.24, 2.45) is 4.99 Å². The molecule has 0 N–H and O–H groups in total. The molecule has 0 amide bonds. The summed E-state index contributed by atoms with van der Waals surface area (Å²) >= 11 is 0. The first-order chi connectivity index (χ1) is 26.6. The predicted octanol–water partition coefficient (Wildman–Crippen LogP) is 13.9. The fourth-order valence-electron chi connectivity index (χ4n) is 6.40. The molecule has 7 rings (SSSR count). The van der Waals surface area contributed by atoms with Crippen LogP contribution in [0.3, 0.4) is 0 Å². The van der Waals surface area contributed by atoms with Crippen molar-refractivity contribution in [3.63, 3.8) is 0 Å². The molecular weight excluding hydrogens is 657 g/mol. The van der Waals surface area contributed by atoms with Gasteiger partial charge in [0.05, 0.1) is 5.70 Å². The second-order valence-electron chi connectivity index (χ2n) is 11.9. The Kier molecular flexibility index (Phi) is 13.3. The minimum atomic E-state index is 0.599. The summed E-state index contributed by atoms with van der Waals surface area (Å²) in [5, 5.41) is 2.31. The van der Waals surface area contributed by atoms with E-state index in [-0.39, 0.29) is 0 Å².